The minimum atomic E-state index is 0.898. The normalized spacial score (nSPS) is 11.9. The Kier molecular flexibility index (Phi) is 6.66. The van der Waals surface area contributed by atoms with Crippen LogP contribution in [-0.4, -0.2) is 0 Å². The summed E-state index contributed by atoms with van der Waals surface area (Å²) in [5, 5.41) is 13.2. The first-order chi connectivity index (χ1) is 27.8. The molecule has 2 aromatic heterocycles. The monoisotopic (exact) mass is 712 g/mol. The van der Waals surface area contributed by atoms with Crippen molar-refractivity contribution in [2.75, 3.05) is 0 Å². The summed E-state index contributed by atoms with van der Waals surface area (Å²) < 4.78 is 12.4. The first-order valence-corrected chi connectivity index (χ1v) is 19.1. The van der Waals surface area contributed by atoms with Crippen LogP contribution in [0.5, 0.6) is 0 Å². The van der Waals surface area contributed by atoms with Crippen LogP contribution in [0.15, 0.2) is 203 Å². The van der Waals surface area contributed by atoms with Gasteiger partial charge in [-0.2, -0.15) is 0 Å². The molecule has 0 bridgehead atoms. The van der Waals surface area contributed by atoms with Crippen molar-refractivity contribution in [2.45, 2.75) is 0 Å². The number of furan rings is 2. The van der Waals surface area contributed by atoms with Crippen LogP contribution in [-0.2, 0) is 0 Å². The molecule has 0 N–H and O–H groups in total. The van der Waals surface area contributed by atoms with E-state index in [1.54, 1.807) is 0 Å². The molecule has 0 aliphatic rings. The molecule has 0 aliphatic carbocycles. The van der Waals surface area contributed by atoms with Crippen LogP contribution in [0.1, 0.15) is 0 Å². The highest BCUT2D eigenvalue weighted by atomic mass is 16.3. The van der Waals surface area contributed by atoms with Gasteiger partial charge in [0.25, 0.3) is 0 Å². The molecule has 12 aromatic rings. The maximum absolute atomic E-state index is 6.54. The van der Waals surface area contributed by atoms with Gasteiger partial charge in [0.1, 0.15) is 16.7 Å². The molecule has 0 unspecified atom stereocenters. The topological polar surface area (TPSA) is 26.3 Å². The Labute approximate surface area is 322 Å². The second-order valence-corrected chi connectivity index (χ2v) is 14.8. The van der Waals surface area contributed by atoms with Gasteiger partial charge in [-0.25, -0.2) is 0 Å². The zero-order chi connectivity index (χ0) is 36.7. The third kappa shape index (κ3) is 4.63. The SMILES string of the molecule is c1ccc(-c2c3ccccc3c(-c3ccc4cc(-c5coc6ccccc56)ccc4c3)c3ccccc23)c(-c2ccc3c(c2)oc2ccc4ccccc4c23)c1. The van der Waals surface area contributed by atoms with Gasteiger partial charge in [0.15, 0.2) is 0 Å². The molecule has 0 saturated heterocycles. The molecule has 0 saturated carbocycles. The smallest absolute Gasteiger partial charge is 0.136 e. The third-order valence-corrected chi connectivity index (χ3v) is 11.7. The molecule has 0 spiro atoms. The Hall–Kier alpha value is -7.42. The molecule has 56 heavy (non-hydrogen) atoms. The quantitative estimate of drug-likeness (QED) is 0.170. The summed E-state index contributed by atoms with van der Waals surface area (Å²) >= 11 is 0. The summed E-state index contributed by atoms with van der Waals surface area (Å²) in [5.41, 5.74) is 12.2. The lowest BCUT2D eigenvalue weighted by Crippen LogP contribution is -1.92. The van der Waals surface area contributed by atoms with Gasteiger partial charge in [-0.1, -0.05) is 152 Å². The molecule has 0 aliphatic heterocycles. The molecule has 2 nitrogen and oxygen atoms in total. The van der Waals surface area contributed by atoms with Crippen LogP contribution in [0.3, 0.4) is 0 Å². The van der Waals surface area contributed by atoms with Crippen molar-refractivity contribution in [3.05, 3.63) is 194 Å². The fourth-order valence-electron chi connectivity index (χ4n) is 9.17. The summed E-state index contributed by atoms with van der Waals surface area (Å²) in [6.45, 7) is 0. The molecular weight excluding hydrogens is 681 g/mol. The van der Waals surface area contributed by atoms with Crippen molar-refractivity contribution >= 4 is 76.0 Å². The van der Waals surface area contributed by atoms with Crippen molar-refractivity contribution in [3.63, 3.8) is 0 Å². The molecule has 0 fully saturated rings. The fourth-order valence-corrected chi connectivity index (χ4v) is 9.17. The van der Waals surface area contributed by atoms with Gasteiger partial charge in [0.05, 0.1) is 6.26 Å². The Bertz CT molecular complexity index is 3490. The zero-order valence-electron chi connectivity index (χ0n) is 30.3. The minimum Gasteiger partial charge on any atom is -0.464 e. The Morgan fingerprint density at radius 3 is 1.61 bits per heavy atom. The van der Waals surface area contributed by atoms with Gasteiger partial charge < -0.3 is 8.83 Å². The van der Waals surface area contributed by atoms with E-state index < -0.39 is 0 Å². The average molecular weight is 713 g/mol. The molecule has 0 radical (unpaired) electrons. The van der Waals surface area contributed by atoms with Crippen LogP contribution < -0.4 is 0 Å². The molecule has 2 heteroatoms. The maximum atomic E-state index is 6.54. The van der Waals surface area contributed by atoms with E-state index in [-0.39, 0.29) is 0 Å². The van der Waals surface area contributed by atoms with Crippen molar-refractivity contribution < 1.29 is 8.83 Å². The lowest BCUT2D eigenvalue weighted by molar-refractivity contribution is 0.617. The van der Waals surface area contributed by atoms with E-state index in [0.717, 1.165) is 44.2 Å². The van der Waals surface area contributed by atoms with E-state index >= 15 is 0 Å². The van der Waals surface area contributed by atoms with Crippen LogP contribution in [0.2, 0.25) is 0 Å². The second-order valence-electron chi connectivity index (χ2n) is 14.8. The molecule has 0 atom stereocenters. The van der Waals surface area contributed by atoms with Gasteiger partial charge in [-0.05, 0) is 118 Å². The number of rotatable bonds is 4. The predicted molar refractivity (Wildman–Crippen MR) is 235 cm³/mol. The molecule has 10 aromatic carbocycles. The number of hydrogen-bond acceptors (Lipinski definition) is 2. The van der Waals surface area contributed by atoms with E-state index in [4.69, 9.17) is 8.83 Å². The lowest BCUT2D eigenvalue weighted by atomic mass is 9.83. The van der Waals surface area contributed by atoms with Gasteiger partial charge in [-0.15, -0.1) is 0 Å². The first kappa shape index (κ1) is 31.0. The summed E-state index contributed by atoms with van der Waals surface area (Å²) in [7, 11) is 0. The Morgan fingerprint density at radius 1 is 0.286 bits per heavy atom. The highest BCUT2D eigenvalue weighted by Crippen LogP contribution is 2.47. The van der Waals surface area contributed by atoms with Gasteiger partial charge in [-0.3, -0.25) is 0 Å². The maximum Gasteiger partial charge on any atom is 0.136 e. The molecule has 12 rings (SSSR count). The molecular formula is C54H32O2. The predicted octanol–water partition coefficient (Wildman–Crippen LogP) is 15.6. The van der Waals surface area contributed by atoms with E-state index in [1.807, 2.05) is 18.4 Å². The van der Waals surface area contributed by atoms with Crippen molar-refractivity contribution in [3.8, 4) is 44.5 Å². The standard InChI is InChI=1S/C54H32O2/c1-2-13-40-33(11-1)26-28-50-54(40)47-27-25-37(31-51(47)56-50)39-12-3-4-15-42(39)53-45-18-7-5-16-43(45)52(44-17-6-8-19-46(44)53)38-24-22-34-29-36(23-21-35(34)30-38)48-32-55-49-20-10-9-14-41(48)49/h1-32H. The highest BCUT2D eigenvalue weighted by molar-refractivity contribution is 6.23. The van der Waals surface area contributed by atoms with E-state index in [2.05, 4.69) is 176 Å². The molecule has 260 valence electrons. The Balaban J connectivity index is 1.03. The minimum absolute atomic E-state index is 0.898. The molecule has 0 amide bonds. The largest absolute Gasteiger partial charge is 0.464 e. The summed E-state index contributed by atoms with van der Waals surface area (Å²) in [4.78, 5) is 0. The van der Waals surface area contributed by atoms with Crippen LogP contribution >= 0.6 is 0 Å². The van der Waals surface area contributed by atoms with Gasteiger partial charge in [0, 0.05) is 21.7 Å². The van der Waals surface area contributed by atoms with Crippen LogP contribution in [0.4, 0.5) is 0 Å². The van der Waals surface area contributed by atoms with Gasteiger partial charge in [0.2, 0.25) is 0 Å². The van der Waals surface area contributed by atoms with Crippen molar-refractivity contribution in [1.29, 1.82) is 0 Å². The number of fused-ring (bicyclic) bond motifs is 9. The second kappa shape index (κ2) is 12.0. The first-order valence-electron chi connectivity index (χ1n) is 19.1. The van der Waals surface area contributed by atoms with E-state index in [0.29, 0.717) is 0 Å². The summed E-state index contributed by atoms with van der Waals surface area (Å²) in [6.07, 6.45) is 1.87. The summed E-state index contributed by atoms with van der Waals surface area (Å²) in [5.74, 6) is 0. The van der Waals surface area contributed by atoms with Crippen LogP contribution in [0.25, 0.3) is 121 Å². The van der Waals surface area contributed by atoms with Gasteiger partial charge >= 0.3 is 0 Å². The van der Waals surface area contributed by atoms with Crippen LogP contribution in [0, 0.1) is 0 Å². The lowest BCUT2D eigenvalue weighted by Gasteiger charge is -2.20. The third-order valence-electron chi connectivity index (χ3n) is 11.7. The molecule has 2 heterocycles. The number of benzene rings is 10. The Morgan fingerprint density at radius 2 is 0.839 bits per heavy atom. The zero-order valence-corrected chi connectivity index (χ0v) is 30.3. The fraction of sp³-hybridized carbons (Fsp3) is 0. The van der Waals surface area contributed by atoms with Crippen molar-refractivity contribution in [1.82, 2.24) is 0 Å². The van der Waals surface area contributed by atoms with Crippen molar-refractivity contribution in [2.24, 2.45) is 0 Å². The highest BCUT2D eigenvalue weighted by Gasteiger charge is 2.20. The number of para-hydroxylation sites is 1. The summed E-state index contributed by atoms with van der Waals surface area (Å²) in [6, 6.07) is 68.0. The van der Waals surface area contributed by atoms with E-state index in [1.165, 1.54) is 76.3 Å². The average Bonchev–Trinajstić information content (AvgIpc) is 3.87. The van der Waals surface area contributed by atoms with E-state index in [9.17, 15) is 0 Å². The number of hydrogen-bond donors (Lipinski definition) is 0.